The van der Waals surface area contributed by atoms with Crippen LogP contribution in [0, 0.1) is 17.8 Å². The Morgan fingerprint density at radius 1 is 1.09 bits per heavy atom. The summed E-state index contributed by atoms with van der Waals surface area (Å²) in [7, 11) is 0. The zero-order valence-electron chi connectivity index (χ0n) is 13.0. The van der Waals surface area contributed by atoms with E-state index in [1.807, 2.05) is 30.5 Å². The van der Waals surface area contributed by atoms with E-state index < -0.39 is 0 Å². The van der Waals surface area contributed by atoms with Gasteiger partial charge in [-0.2, -0.15) is 0 Å². The lowest BCUT2D eigenvalue weighted by molar-refractivity contribution is -0.0985. The number of nitrogen functional groups attached to an aromatic ring is 1. The van der Waals surface area contributed by atoms with E-state index in [0.717, 1.165) is 27.2 Å². The van der Waals surface area contributed by atoms with Gasteiger partial charge in [-0.25, -0.2) is 4.98 Å². The molecule has 2 atom stereocenters. The summed E-state index contributed by atoms with van der Waals surface area (Å²) in [5.41, 5.74) is 7.71. The van der Waals surface area contributed by atoms with Gasteiger partial charge in [0.15, 0.2) is 0 Å². The summed E-state index contributed by atoms with van der Waals surface area (Å²) in [6.07, 6.45) is 4.97. The van der Waals surface area contributed by atoms with Crippen LogP contribution in [0.15, 0.2) is 30.5 Å². The van der Waals surface area contributed by atoms with Crippen LogP contribution in [-0.2, 0) is 0 Å². The highest BCUT2D eigenvalue weighted by Gasteiger charge is 2.48. The molecule has 1 aromatic carbocycles. The monoisotopic (exact) mass is 327 g/mol. The van der Waals surface area contributed by atoms with Crippen molar-refractivity contribution < 1.29 is 4.74 Å². The van der Waals surface area contributed by atoms with Gasteiger partial charge in [-0.15, -0.1) is 0 Å². The molecule has 1 aromatic heterocycles. The van der Waals surface area contributed by atoms with Crippen LogP contribution < -0.4 is 10.5 Å². The maximum absolute atomic E-state index is 6.37. The minimum atomic E-state index is 0.369. The molecule has 23 heavy (non-hydrogen) atoms. The normalized spacial score (nSPS) is 34.7. The molecule has 3 saturated heterocycles. The first kappa shape index (κ1) is 13.8. The summed E-state index contributed by atoms with van der Waals surface area (Å²) in [4.78, 5) is 8.30. The molecule has 3 aliphatic heterocycles. The largest absolute Gasteiger partial charge is 0.466 e. The van der Waals surface area contributed by atoms with Gasteiger partial charge in [-0.3, -0.25) is 0 Å². The van der Waals surface area contributed by atoms with Crippen molar-refractivity contribution in [1.82, 2.24) is 9.88 Å². The summed E-state index contributed by atoms with van der Waals surface area (Å²) < 4.78 is 6.37. The maximum Gasteiger partial charge on any atom is 0.273 e. The number of rotatable bonds is 3. The van der Waals surface area contributed by atoms with Gasteiger partial charge in [0.1, 0.15) is 6.10 Å². The van der Waals surface area contributed by atoms with Crippen molar-refractivity contribution in [3.63, 3.8) is 0 Å². The number of hydrogen-bond donors (Lipinski definition) is 1. The van der Waals surface area contributed by atoms with Crippen LogP contribution >= 0.6 is 11.3 Å². The van der Waals surface area contributed by atoms with Crippen LogP contribution in [0.25, 0.3) is 10.4 Å². The number of aromatic nitrogens is 1. The molecule has 4 nitrogen and oxygen atoms in total. The van der Waals surface area contributed by atoms with Gasteiger partial charge in [-0.05, 0) is 36.5 Å². The summed E-state index contributed by atoms with van der Waals surface area (Å²) in [6.45, 7) is 3.75. The van der Waals surface area contributed by atoms with Gasteiger partial charge < -0.3 is 15.4 Å². The standard InChI is InChI=1S/C18H21N3OS/c19-15-3-1-12(2-4-15)16-7-20-18(23-16)22-17-13-5-11-6-14(17)10-21(8-11)9-13/h1-4,7,11,13-14,17H,5-6,8-10,19H2/t11?,13-,14-,17?/m0/s1. The molecule has 0 unspecified atom stereocenters. The fourth-order valence-electron chi connectivity index (χ4n) is 4.77. The topological polar surface area (TPSA) is 51.4 Å². The molecule has 4 heterocycles. The number of thiazole rings is 1. The average Bonchev–Trinajstić information content (AvgIpc) is 2.99. The number of ether oxygens (including phenoxy) is 1. The van der Waals surface area contributed by atoms with E-state index in [1.165, 1.54) is 32.5 Å². The van der Waals surface area contributed by atoms with Crippen LogP contribution in [0.1, 0.15) is 12.8 Å². The van der Waals surface area contributed by atoms with Gasteiger partial charge in [-0.1, -0.05) is 23.5 Å². The molecular weight excluding hydrogens is 306 g/mol. The van der Waals surface area contributed by atoms with Crippen molar-refractivity contribution in [3.8, 4) is 15.6 Å². The Kier molecular flexibility index (Phi) is 3.13. The molecule has 5 heteroatoms. The summed E-state index contributed by atoms with van der Waals surface area (Å²) in [5, 5.41) is 0.823. The zero-order chi connectivity index (χ0) is 15.4. The zero-order valence-corrected chi connectivity index (χ0v) is 13.8. The minimum absolute atomic E-state index is 0.369. The fourth-order valence-corrected chi connectivity index (χ4v) is 5.58. The van der Waals surface area contributed by atoms with Crippen LogP contribution in [0.5, 0.6) is 5.19 Å². The first-order valence-corrected chi connectivity index (χ1v) is 9.27. The predicted molar refractivity (Wildman–Crippen MR) is 92.5 cm³/mol. The molecule has 120 valence electrons. The second-order valence-corrected chi connectivity index (χ2v) is 8.26. The van der Waals surface area contributed by atoms with Gasteiger partial charge in [0.05, 0.1) is 4.88 Å². The van der Waals surface area contributed by atoms with Crippen molar-refractivity contribution in [2.75, 3.05) is 25.4 Å². The molecular formula is C18H21N3OS. The van der Waals surface area contributed by atoms with E-state index in [4.69, 9.17) is 10.5 Å². The fraction of sp³-hybridized carbons (Fsp3) is 0.500. The van der Waals surface area contributed by atoms with Crippen molar-refractivity contribution in [1.29, 1.82) is 0 Å². The Labute approximate surface area is 140 Å². The van der Waals surface area contributed by atoms with Crippen LogP contribution in [-0.4, -0.2) is 35.6 Å². The molecule has 6 rings (SSSR count). The van der Waals surface area contributed by atoms with Gasteiger partial charge in [0.2, 0.25) is 0 Å². The molecule has 4 fully saturated rings. The highest BCUT2D eigenvalue weighted by atomic mass is 32.1. The molecule has 1 aliphatic carbocycles. The lowest BCUT2D eigenvalue weighted by Gasteiger charge is -2.55. The van der Waals surface area contributed by atoms with E-state index in [1.54, 1.807) is 11.3 Å². The summed E-state index contributed by atoms with van der Waals surface area (Å²) >= 11 is 1.65. The number of nitrogens with two attached hydrogens (primary N) is 1. The highest BCUT2D eigenvalue weighted by Crippen LogP contribution is 2.45. The molecule has 2 aromatic rings. The molecule has 0 spiro atoms. The summed E-state index contributed by atoms with van der Waals surface area (Å²) in [5.74, 6) is 2.31. The Hall–Kier alpha value is -1.59. The van der Waals surface area contributed by atoms with Gasteiger partial charge >= 0.3 is 0 Å². The number of anilines is 1. The van der Waals surface area contributed by atoms with E-state index >= 15 is 0 Å². The third-order valence-electron chi connectivity index (χ3n) is 5.62. The Morgan fingerprint density at radius 2 is 1.83 bits per heavy atom. The van der Waals surface area contributed by atoms with Gasteiger partial charge in [0.25, 0.3) is 5.19 Å². The predicted octanol–water partition coefficient (Wildman–Crippen LogP) is 3.11. The maximum atomic E-state index is 6.37. The SMILES string of the molecule is Nc1ccc(-c2cnc(OC3[C@H]4CC5C[C@H]3CN(C5)C4)s2)cc1. The Bertz CT molecular complexity index is 683. The Balaban J connectivity index is 1.34. The van der Waals surface area contributed by atoms with Gasteiger partial charge in [0, 0.05) is 43.4 Å². The molecule has 2 N–H and O–H groups in total. The first-order valence-electron chi connectivity index (χ1n) is 8.45. The lowest BCUT2D eigenvalue weighted by atomic mass is 9.66. The van der Waals surface area contributed by atoms with E-state index in [9.17, 15) is 0 Å². The lowest BCUT2D eigenvalue weighted by Crippen LogP contribution is -2.61. The van der Waals surface area contributed by atoms with E-state index in [2.05, 4.69) is 9.88 Å². The highest BCUT2D eigenvalue weighted by molar-refractivity contribution is 7.16. The molecule has 0 radical (unpaired) electrons. The van der Waals surface area contributed by atoms with Crippen molar-refractivity contribution in [3.05, 3.63) is 30.5 Å². The van der Waals surface area contributed by atoms with Crippen molar-refractivity contribution >= 4 is 17.0 Å². The third-order valence-corrected chi connectivity index (χ3v) is 6.56. The second-order valence-electron chi connectivity index (χ2n) is 7.27. The molecule has 1 saturated carbocycles. The first-order chi connectivity index (χ1) is 11.2. The van der Waals surface area contributed by atoms with E-state index in [-0.39, 0.29) is 0 Å². The van der Waals surface area contributed by atoms with Crippen LogP contribution in [0.3, 0.4) is 0 Å². The second kappa shape index (κ2) is 5.21. The van der Waals surface area contributed by atoms with E-state index in [0.29, 0.717) is 17.9 Å². The molecule has 4 bridgehead atoms. The number of piperidine rings is 3. The number of hydrogen-bond acceptors (Lipinski definition) is 5. The smallest absolute Gasteiger partial charge is 0.273 e. The van der Waals surface area contributed by atoms with Crippen LogP contribution in [0.4, 0.5) is 5.69 Å². The molecule has 4 aliphatic rings. The number of nitrogens with zero attached hydrogens (tertiary/aromatic N) is 2. The van der Waals surface area contributed by atoms with Crippen molar-refractivity contribution in [2.45, 2.75) is 18.9 Å². The average molecular weight is 327 g/mol. The van der Waals surface area contributed by atoms with Crippen molar-refractivity contribution in [2.24, 2.45) is 17.8 Å². The minimum Gasteiger partial charge on any atom is -0.466 e. The van der Waals surface area contributed by atoms with Crippen LogP contribution in [0.2, 0.25) is 0 Å². The number of benzene rings is 1. The quantitative estimate of drug-likeness (QED) is 0.880. The Morgan fingerprint density at radius 3 is 2.52 bits per heavy atom. The third kappa shape index (κ3) is 2.42. The summed E-state index contributed by atoms with van der Waals surface area (Å²) in [6, 6.07) is 7.95. The molecule has 0 amide bonds.